The fourth-order valence-electron chi connectivity index (χ4n) is 3.23. The van der Waals surface area contributed by atoms with E-state index in [0.29, 0.717) is 24.3 Å². The molecule has 1 aliphatic carbocycles. The molecule has 1 aromatic heterocycles. The number of nitrogens with zero attached hydrogens (tertiary/aromatic N) is 3. The maximum atomic E-state index is 5.81. The van der Waals surface area contributed by atoms with Crippen LogP contribution >= 0.6 is 0 Å². The second-order valence-corrected chi connectivity index (χ2v) is 6.45. The third kappa shape index (κ3) is 3.15. The molecule has 20 heavy (non-hydrogen) atoms. The van der Waals surface area contributed by atoms with Gasteiger partial charge in [0.1, 0.15) is 0 Å². The summed E-state index contributed by atoms with van der Waals surface area (Å²) in [6.45, 7) is 6.45. The first-order valence-corrected chi connectivity index (χ1v) is 7.75. The topological polar surface area (TPSA) is 42.3 Å². The zero-order valence-electron chi connectivity index (χ0n) is 12.7. The fourth-order valence-corrected chi connectivity index (χ4v) is 3.23. The Bertz CT molecular complexity index is 439. The second-order valence-electron chi connectivity index (χ2n) is 6.45. The predicted octanol–water partition coefficient (Wildman–Crippen LogP) is 1.54. The van der Waals surface area contributed by atoms with Crippen molar-refractivity contribution < 1.29 is 4.74 Å². The first-order valence-electron chi connectivity index (χ1n) is 7.75. The van der Waals surface area contributed by atoms with Crippen LogP contribution in [0.15, 0.2) is 12.4 Å². The van der Waals surface area contributed by atoms with Gasteiger partial charge in [0, 0.05) is 38.4 Å². The van der Waals surface area contributed by atoms with Crippen molar-refractivity contribution in [1.82, 2.24) is 15.1 Å². The third-order valence-electron chi connectivity index (χ3n) is 4.28. The summed E-state index contributed by atoms with van der Waals surface area (Å²) >= 11 is 0. The molecule has 5 nitrogen and oxygen atoms in total. The number of anilines is 1. The first-order chi connectivity index (χ1) is 9.60. The number of aromatic nitrogens is 2. The Labute approximate surface area is 121 Å². The average Bonchev–Trinajstić information content (AvgIpc) is 2.94. The molecule has 1 unspecified atom stereocenters. The van der Waals surface area contributed by atoms with Gasteiger partial charge in [-0.25, -0.2) is 0 Å². The van der Waals surface area contributed by atoms with Crippen LogP contribution < -0.4 is 10.2 Å². The van der Waals surface area contributed by atoms with E-state index < -0.39 is 0 Å². The first kappa shape index (κ1) is 13.9. The van der Waals surface area contributed by atoms with Crippen LogP contribution in [0.3, 0.4) is 0 Å². The number of hydrogen-bond donors (Lipinski definition) is 1. The molecule has 1 N–H and O–H groups in total. The molecule has 5 heteroatoms. The summed E-state index contributed by atoms with van der Waals surface area (Å²) in [5.41, 5.74) is 1.24. The molecule has 1 atom stereocenters. The van der Waals surface area contributed by atoms with Crippen molar-refractivity contribution in [2.24, 2.45) is 7.05 Å². The lowest BCUT2D eigenvalue weighted by atomic mass is 9.88. The highest BCUT2D eigenvalue weighted by molar-refractivity contribution is 5.43. The zero-order chi connectivity index (χ0) is 14.1. The van der Waals surface area contributed by atoms with Gasteiger partial charge in [0.25, 0.3) is 0 Å². The fraction of sp³-hybridized carbons (Fsp3) is 0.800. The summed E-state index contributed by atoms with van der Waals surface area (Å²) in [5, 5.41) is 8.03. The summed E-state index contributed by atoms with van der Waals surface area (Å²) in [6.07, 6.45) is 8.44. The molecule has 0 amide bonds. The molecule has 2 fully saturated rings. The van der Waals surface area contributed by atoms with E-state index in [-0.39, 0.29) is 0 Å². The minimum absolute atomic E-state index is 0.355. The Hall–Kier alpha value is -1.07. The van der Waals surface area contributed by atoms with E-state index in [4.69, 9.17) is 4.74 Å². The molecule has 2 heterocycles. The van der Waals surface area contributed by atoms with Gasteiger partial charge in [0.15, 0.2) is 0 Å². The summed E-state index contributed by atoms with van der Waals surface area (Å²) < 4.78 is 7.68. The van der Waals surface area contributed by atoms with E-state index in [9.17, 15) is 0 Å². The lowest BCUT2D eigenvalue weighted by molar-refractivity contribution is -0.0511. The number of hydrogen-bond acceptors (Lipinski definition) is 4. The van der Waals surface area contributed by atoms with E-state index in [2.05, 4.69) is 35.4 Å². The molecule has 1 saturated heterocycles. The lowest BCUT2D eigenvalue weighted by Crippen LogP contribution is -2.50. The van der Waals surface area contributed by atoms with Gasteiger partial charge in [-0.3, -0.25) is 4.68 Å². The van der Waals surface area contributed by atoms with Crippen molar-refractivity contribution in [3.05, 3.63) is 12.4 Å². The van der Waals surface area contributed by atoms with E-state index in [1.807, 2.05) is 17.9 Å². The monoisotopic (exact) mass is 278 g/mol. The molecular weight excluding hydrogens is 252 g/mol. The molecule has 1 aromatic rings. The zero-order valence-corrected chi connectivity index (χ0v) is 12.7. The highest BCUT2D eigenvalue weighted by Crippen LogP contribution is 2.27. The Morgan fingerprint density at radius 1 is 1.35 bits per heavy atom. The van der Waals surface area contributed by atoms with Gasteiger partial charge in [-0.15, -0.1) is 0 Å². The predicted molar refractivity (Wildman–Crippen MR) is 80.0 cm³/mol. The lowest BCUT2D eigenvalue weighted by Gasteiger charge is -2.38. The van der Waals surface area contributed by atoms with Crippen molar-refractivity contribution in [3.8, 4) is 0 Å². The summed E-state index contributed by atoms with van der Waals surface area (Å²) in [5.74, 6) is 0. The molecule has 0 bridgehead atoms. The van der Waals surface area contributed by atoms with Crippen molar-refractivity contribution in [2.45, 2.75) is 57.4 Å². The molecule has 112 valence electrons. The molecule has 3 rings (SSSR count). The van der Waals surface area contributed by atoms with Crippen molar-refractivity contribution in [1.29, 1.82) is 0 Å². The Morgan fingerprint density at radius 3 is 2.80 bits per heavy atom. The molecule has 0 spiro atoms. The van der Waals surface area contributed by atoms with Gasteiger partial charge < -0.3 is 15.0 Å². The van der Waals surface area contributed by atoms with E-state index in [1.54, 1.807) is 0 Å². The number of rotatable bonds is 5. The number of aryl methyl sites for hydroxylation is 1. The maximum absolute atomic E-state index is 5.81. The maximum Gasteiger partial charge on any atom is 0.0752 e. The molecule has 1 aliphatic heterocycles. The SMILES string of the molecule is CC(C)OC1CC(NC2CCN(c3cnn(C)c3)C2)C1. The van der Waals surface area contributed by atoms with Crippen molar-refractivity contribution in [2.75, 3.05) is 18.0 Å². The van der Waals surface area contributed by atoms with Crippen LogP contribution in [0.25, 0.3) is 0 Å². The van der Waals surface area contributed by atoms with E-state index >= 15 is 0 Å². The van der Waals surface area contributed by atoms with Gasteiger partial charge >= 0.3 is 0 Å². The molecule has 2 aliphatic rings. The largest absolute Gasteiger partial charge is 0.375 e. The molecule has 1 saturated carbocycles. The Balaban J connectivity index is 1.41. The van der Waals surface area contributed by atoms with Crippen LogP contribution in [0.2, 0.25) is 0 Å². The van der Waals surface area contributed by atoms with Crippen LogP contribution in [0.5, 0.6) is 0 Å². The van der Waals surface area contributed by atoms with Crippen molar-refractivity contribution >= 4 is 5.69 Å². The number of nitrogens with one attached hydrogen (secondary N) is 1. The molecule has 0 radical (unpaired) electrons. The third-order valence-corrected chi connectivity index (χ3v) is 4.28. The molecule has 0 aromatic carbocycles. The Morgan fingerprint density at radius 2 is 2.15 bits per heavy atom. The summed E-state index contributed by atoms with van der Waals surface area (Å²) in [4.78, 5) is 2.42. The van der Waals surface area contributed by atoms with Gasteiger partial charge in [0.2, 0.25) is 0 Å². The highest BCUT2D eigenvalue weighted by Gasteiger charge is 2.33. The minimum Gasteiger partial charge on any atom is -0.375 e. The normalized spacial score (nSPS) is 30.0. The van der Waals surface area contributed by atoms with Crippen molar-refractivity contribution in [3.63, 3.8) is 0 Å². The number of ether oxygens (including phenoxy) is 1. The van der Waals surface area contributed by atoms with Crippen LogP contribution in [0.4, 0.5) is 5.69 Å². The standard InChI is InChI=1S/C15H26N4O/c1-11(2)20-15-6-13(7-15)17-12-4-5-19(9-12)14-8-16-18(3)10-14/h8,10-13,15,17H,4-7,9H2,1-3H3. The van der Waals surface area contributed by atoms with E-state index in [0.717, 1.165) is 13.1 Å². The second kappa shape index (κ2) is 5.74. The van der Waals surface area contributed by atoms with E-state index in [1.165, 1.54) is 24.9 Å². The van der Waals surface area contributed by atoms with Gasteiger partial charge in [-0.05, 0) is 33.1 Å². The minimum atomic E-state index is 0.355. The quantitative estimate of drug-likeness (QED) is 0.887. The van der Waals surface area contributed by atoms with Gasteiger partial charge in [-0.2, -0.15) is 5.10 Å². The van der Waals surface area contributed by atoms with Crippen LogP contribution in [-0.4, -0.2) is 47.2 Å². The van der Waals surface area contributed by atoms with Gasteiger partial charge in [-0.1, -0.05) is 0 Å². The molecular formula is C15H26N4O. The average molecular weight is 278 g/mol. The van der Waals surface area contributed by atoms with Crippen LogP contribution in [0.1, 0.15) is 33.1 Å². The smallest absolute Gasteiger partial charge is 0.0752 e. The van der Waals surface area contributed by atoms with Crippen LogP contribution in [-0.2, 0) is 11.8 Å². The highest BCUT2D eigenvalue weighted by atomic mass is 16.5. The summed E-state index contributed by atoms with van der Waals surface area (Å²) in [6, 6.07) is 1.26. The van der Waals surface area contributed by atoms with Gasteiger partial charge in [0.05, 0.1) is 24.1 Å². The van der Waals surface area contributed by atoms with Crippen LogP contribution in [0, 0.1) is 0 Å². The summed E-state index contributed by atoms with van der Waals surface area (Å²) in [7, 11) is 1.97. The Kier molecular flexibility index (Phi) is 3.98.